The first kappa shape index (κ1) is 36.2. The molecule has 0 aromatic heterocycles. The number of nitrogens with zero attached hydrogens (tertiary/aromatic N) is 3. The van der Waals surface area contributed by atoms with Crippen molar-refractivity contribution in [3.8, 4) is 5.75 Å². The highest BCUT2D eigenvalue weighted by molar-refractivity contribution is 6.30. The third-order valence-electron chi connectivity index (χ3n) is 12.2. The molecule has 2 aromatic carbocycles. The molecule has 2 fully saturated rings. The molecule has 2 aliphatic carbocycles. The van der Waals surface area contributed by atoms with Crippen LogP contribution in [0.5, 0.6) is 5.75 Å². The SMILES string of the molecule is C[C@@H]1COCCN1CCO[C@H]1/C=C/CCN(C)C(=O)C[C@](O)(C(=O)O)c2ccc3c(c2)N(C[C@@H]2CC[C@H]21)C[C@@]1(CCCc2cc(Cl)ccc21)CO3. The van der Waals surface area contributed by atoms with Gasteiger partial charge in [-0.25, -0.2) is 4.79 Å². The number of ether oxygens (including phenoxy) is 3. The Balaban J connectivity index is 1.24. The van der Waals surface area contributed by atoms with Gasteiger partial charge in [0.05, 0.1) is 44.6 Å². The summed E-state index contributed by atoms with van der Waals surface area (Å²) in [6, 6.07) is 11.7. The van der Waals surface area contributed by atoms with Crippen molar-refractivity contribution in [3.63, 3.8) is 0 Å². The van der Waals surface area contributed by atoms with Crippen molar-refractivity contribution < 1.29 is 34.0 Å². The van der Waals surface area contributed by atoms with Gasteiger partial charge in [0.15, 0.2) is 5.60 Å². The second-order valence-corrected chi connectivity index (χ2v) is 15.9. The van der Waals surface area contributed by atoms with Crippen molar-refractivity contribution in [1.29, 1.82) is 0 Å². The lowest BCUT2D eigenvalue weighted by Crippen LogP contribution is -2.50. The van der Waals surface area contributed by atoms with E-state index < -0.39 is 23.9 Å². The first-order valence-corrected chi connectivity index (χ1v) is 19.1. The predicted molar refractivity (Wildman–Crippen MR) is 196 cm³/mol. The molecule has 6 atom stereocenters. The number of hydrogen-bond acceptors (Lipinski definition) is 8. The Morgan fingerprint density at radius 1 is 1.16 bits per heavy atom. The third-order valence-corrected chi connectivity index (χ3v) is 12.4. The van der Waals surface area contributed by atoms with Crippen molar-refractivity contribution in [1.82, 2.24) is 9.80 Å². The molecule has 1 saturated carbocycles. The van der Waals surface area contributed by atoms with Crippen LogP contribution in [0.15, 0.2) is 48.6 Å². The van der Waals surface area contributed by atoms with E-state index in [4.69, 9.17) is 25.8 Å². The van der Waals surface area contributed by atoms with Crippen LogP contribution >= 0.6 is 11.6 Å². The number of carboxylic acids is 1. The summed E-state index contributed by atoms with van der Waals surface area (Å²) < 4.78 is 19.0. The average Bonchev–Trinajstić information content (AvgIpc) is 3.25. The second-order valence-electron chi connectivity index (χ2n) is 15.5. The first-order chi connectivity index (χ1) is 24.6. The van der Waals surface area contributed by atoms with Crippen molar-refractivity contribution in [2.24, 2.45) is 11.8 Å². The van der Waals surface area contributed by atoms with Gasteiger partial charge in [-0.1, -0.05) is 35.9 Å². The fraction of sp³-hybridized carbons (Fsp3) is 0.600. The number of benzene rings is 2. The van der Waals surface area contributed by atoms with Gasteiger partial charge in [0.2, 0.25) is 5.91 Å². The van der Waals surface area contributed by atoms with Crippen LogP contribution in [0.25, 0.3) is 0 Å². The van der Waals surface area contributed by atoms with E-state index in [-0.39, 0.29) is 17.1 Å². The Hall–Kier alpha value is -3.15. The molecule has 2 N–H and O–H groups in total. The summed E-state index contributed by atoms with van der Waals surface area (Å²) in [7, 11) is 1.66. The Kier molecular flexibility index (Phi) is 10.7. The number of hydrogen-bond donors (Lipinski definition) is 2. The highest BCUT2D eigenvalue weighted by Gasteiger charge is 2.46. The van der Waals surface area contributed by atoms with E-state index in [0.29, 0.717) is 56.4 Å². The van der Waals surface area contributed by atoms with Gasteiger partial charge in [-0.2, -0.15) is 0 Å². The zero-order valence-corrected chi connectivity index (χ0v) is 30.7. The standard InChI is InChI=1S/C40H52ClN3O7/c1-27-24-49-18-16-43(27)17-19-50-35-7-3-4-15-42(2)37(45)22-40(48,38(46)47)30-9-13-36-34(21-30)44(23-29-8-11-32(29)35)25-39(26-51-36)14-5-6-28-20-31(41)10-12-33(28)39/h3,7,9-10,12-13,20-21,27,29,32,35,48H,4-6,8,11,14-19,22-26H2,1-2H3,(H,46,47)/b7-3+/t27-,29+,32-,35+,39+,40-/m1/s1. The van der Waals surface area contributed by atoms with Crippen LogP contribution in [-0.2, 0) is 36.5 Å². The molecule has 7 rings (SSSR count). The molecule has 5 aliphatic rings. The van der Waals surface area contributed by atoms with Gasteiger partial charge >= 0.3 is 5.97 Å². The molecular formula is C40H52ClN3O7. The van der Waals surface area contributed by atoms with Crippen LogP contribution in [0.4, 0.5) is 5.69 Å². The zero-order chi connectivity index (χ0) is 35.8. The minimum absolute atomic E-state index is 0.0633. The monoisotopic (exact) mass is 721 g/mol. The Morgan fingerprint density at radius 3 is 2.80 bits per heavy atom. The highest BCUT2D eigenvalue weighted by Crippen LogP contribution is 2.48. The second kappa shape index (κ2) is 15.1. The van der Waals surface area contributed by atoms with E-state index in [0.717, 1.165) is 75.7 Å². The molecule has 1 saturated heterocycles. The fourth-order valence-electron chi connectivity index (χ4n) is 8.91. The van der Waals surface area contributed by atoms with E-state index in [2.05, 4.69) is 41.0 Å². The molecular weight excluding hydrogens is 670 g/mol. The first-order valence-electron chi connectivity index (χ1n) is 18.7. The molecule has 1 amide bonds. The quantitative estimate of drug-likeness (QED) is 0.411. The van der Waals surface area contributed by atoms with Gasteiger partial charge in [-0.3, -0.25) is 9.69 Å². The van der Waals surface area contributed by atoms with Crippen LogP contribution in [0.2, 0.25) is 5.02 Å². The number of halogens is 1. The maximum Gasteiger partial charge on any atom is 0.340 e. The summed E-state index contributed by atoms with van der Waals surface area (Å²) in [6.07, 6.45) is 9.25. The Morgan fingerprint density at radius 2 is 2.02 bits per heavy atom. The van der Waals surface area contributed by atoms with Gasteiger partial charge in [-0.15, -0.1) is 0 Å². The van der Waals surface area contributed by atoms with Crippen LogP contribution in [0.3, 0.4) is 0 Å². The van der Waals surface area contributed by atoms with Crippen molar-refractivity contribution in [3.05, 3.63) is 70.3 Å². The summed E-state index contributed by atoms with van der Waals surface area (Å²) >= 11 is 6.47. The summed E-state index contributed by atoms with van der Waals surface area (Å²) in [5.74, 6) is -0.608. The summed E-state index contributed by atoms with van der Waals surface area (Å²) in [4.78, 5) is 32.4. The molecule has 0 radical (unpaired) electrons. The van der Waals surface area contributed by atoms with Gasteiger partial charge in [0.1, 0.15) is 5.75 Å². The number of carboxylic acid groups (broad SMARTS) is 1. The minimum atomic E-state index is -2.40. The molecule has 3 aliphatic heterocycles. The maximum absolute atomic E-state index is 13.4. The van der Waals surface area contributed by atoms with E-state index >= 15 is 0 Å². The fourth-order valence-corrected chi connectivity index (χ4v) is 9.10. The number of carbonyl (C=O) groups excluding carboxylic acids is 1. The van der Waals surface area contributed by atoms with E-state index in [1.165, 1.54) is 16.0 Å². The lowest BCUT2D eigenvalue weighted by molar-refractivity contribution is -0.164. The number of carbonyl (C=O) groups is 2. The molecule has 0 unspecified atom stereocenters. The van der Waals surface area contributed by atoms with Crippen LogP contribution in [0.1, 0.15) is 62.1 Å². The number of aliphatic carboxylic acids is 1. The molecule has 2 aromatic rings. The van der Waals surface area contributed by atoms with Gasteiger partial charge in [0, 0.05) is 56.3 Å². The maximum atomic E-state index is 13.4. The lowest BCUT2D eigenvalue weighted by Gasteiger charge is -2.46. The highest BCUT2D eigenvalue weighted by atomic mass is 35.5. The Labute approximate surface area is 306 Å². The Bertz CT molecular complexity index is 1640. The smallest absolute Gasteiger partial charge is 0.340 e. The van der Waals surface area contributed by atoms with Crippen molar-refractivity contribution >= 4 is 29.2 Å². The third kappa shape index (κ3) is 7.40. The topological polar surface area (TPSA) is 112 Å². The summed E-state index contributed by atoms with van der Waals surface area (Å²) in [5.41, 5.74) is 0.720. The normalized spacial score (nSPS) is 32.3. The van der Waals surface area contributed by atoms with E-state index in [9.17, 15) is 19.8 Å². The molecule has 2 bridgehead atoms. The average molecular weight is 722 g/mol. The number of anilines is 1. The number of aliphatic hydroxyl groups is 1. The van der Waals surface area contributed by atoms with Crippen LogP contribution < -0.4 is 9.64 Å². The predicted octanol–water partition coefficient (Wildman–Crippen LogP) is 5.03. The van der Waals surface area contributed by atoms with Gasteiger partial charge in [0.25, 0.3) is 0 Å². The molecule has 10 nitrogen and oxygen atoms in total. The molecule has 51 heavy (non-hydrogen) atoms. The lowest BCUT2D eigenvalue weighted by atomic mass is 9.68. The number of rotatable bonds is 5. The largest absolute Gasteiger partial charge is 0.490 e. The van der Waals surface area contributed by atoms with E-state index in [1.807, 2.05) is 6.07 Å². The summed E-state index contributed by atoms with van der Waals surface area (Å²) in [5, 5.41) is 22.8. The minimum Gasteiger partial charge on any atom is -0.490 e. The molecule has 1 spiro atoms. The van der Waals surface area contributed by atoms with E-state index in [1.54, 1.807) is 25.2 Å². The zero-order valence-electron chi connectivity index (χ0n) is 29.9. The molecule has 276 valence electrons. The number of aryl methyl sites for hydroxylation is 1. The number of morpholine rings is 1. The van der Waals surface area contributed by atoms with Crippen molar-refractivity contribution in [2.75, 3.05) is 71.1 Å². The van der Waals surface area contributed by atoms with Gasteiger partial charge < -0.3 is 34.2 Å². The molecule has 11 heteroatoms. The van der Waals surface area contributed by atoms with Gasteiger partial charge in [-0.05, 0) is 98.2 Å². The van der Waals surface area contributed by atoms with Crippen molar-refractivity contribution in [2.45, 2.75) is 75.0 Å². The number of amides is 1. The van der Waals surface area contributed by atoms with Crippen LogP contribution in [-0.4, -0.2) is 110 Å². The molecule has 3 heterocycles. The van der Waals surface area contributed by atoms with Crippen LogP contribution in [0, 0.1) is 11.8 Å². The number of fused-ring (bicyclic) bond motifs is 4. The summed E-state index contributed by atoms with van der Waals surface area (Å²) in [6.45, 7) is 8.34.